The molecule has 0 saturated carbocycles. The molecule has 2 aromatic heterocycles. The van der Waals surface area contributed by atoms with Gasteiger partial charge in [-0.05, 0) is 56.4 Å². The van der Waals surface area contributed by atoms with Crippen LogP contribution >= 0.6 is 0 Å². The molecule has 0 bridgehead atoms. The maximum absolute atomic E-state index is 13.7. The lowest BCUT2D eigenvalue weighted by Crippen LogP contribution is -2.28. The van der Waals surface area contributed by atoms with Gasteiger partial charge in [0.2, 0.25) is 0 Å². The highest BCUT2D eigenvalue weighted by molar-refractivity contribution is 5.93. The van der Waals surface area contributed by atoms with Gasteiger partial charge >= 0.3 is 0 Å². The van der Waals surface area contributed by atoms with Crippen molar-refractivity contribution < 1.29 is 4.39 Å². The molecule has 1 aliphatic rings. The number of aromatic nitrogens is 4. The number of aromatic amines is 2. The molecule has 4 aromatic rings. The van der Waals surface area contributed by atoms with Gasteiger partial charge in [-0.1, -0.05) is 0 Å². The van der Waals surface area contributed by atoms with Crippen LogP contribution in [0.25, 0.3) is 33.5 Å². The lowest BCUT2D eigenvalue weighted by atomic mass is 10.2. The molecule has 0 unspecified atom stereocenters. The second-order valence-electron chi connectivity index (χ2n) is 7.19. The lowest BCUT2D eigenvalue weighted by molar-refractivity contribution is 0.360. The van der Waals surface area contributed by atoms with Gasteiger partial charge in [0.15, 0.2) is 5.82 Å². The van der Waals surface area contributed by atoms with E-state index < -0.39 is 0 Å². The summed E-state index contributed by atoms with van der Waals surface area (Å²) in [6.45, 7) is 4.28. The third-order valence-corrected chi connectivity index (χ3v) is 5.30. The van der Waals surface area contributed by atoms with Crippen molar-refractivity contribution in [1.29, 1.82) is 0 Å². The largest absolute Gasteiger partial charge is 0.370 e. The van der Waals surface area contributed by atoms with Crippen LogP contribution in [0, 0.1) is 5.82 Å². The molecule has 2 aromatic carbocycles. The number of hydrogen-bond acceptors (Lipinski definition) is 4. The van der Waals surface area contributed by atoms with Gasteiger partial charge < -0.3 is 14.8 Å². The van der Waals surface area contributed by atoms with Crippen LogP contribution in [0.15, 0.2) is 36.4 Å². The fraction of sp³-hybridized carbons (Fsp3) is 0.300. The van der Waals surface area contributed by atoms with Crippen molar-refractivity contribution in [2.75, 3.05) is 38.1 Å². The Hall–Kier alpha value is -2.93. The number of hydrogen-bond donors (Lipinski definition) is 2. The molecule has 1 fully saturated rings. The average Bonchev–Trinajstić information content (AvgIpc) is 3.20. The Kier molecular flexibility index (Phi) is 3.82. The van der Waals surface area contributed by atoms with Crippen molar-refractivity contribution in [3.05, 3.63) is 42.2 Å². The summed E-state index contributed by atoms with van der Waals surface area (Å²) in [5, 5.41) is 8.00. The van der Waals surface area contributed by atoms with Crippen molar-refractivity contribution in [3.8, 4) is 11.5 Å². The zero-order chi connectivity index (χ0) is 18.4. The first-order valence-electron chi connectivity index (χ1n) is 9.25. The number of nitrogens with zero attached hydrogens (tertiary/aromatic N) is 4. The smallest absolute Gasteiger partial charge is 0.159 e. The van der Waals surface area contributed by atoms with E-state index in [1.54, 1.807) is 6.07 Å². The van der Waals surface area contributed by atoms with E-state index >= 15 is 0 Å². The molecule has 0 spiro atoms. The summed E-state index contributed by atoms with van der Waals surface area (Å²) in [6, 6.07) is 10.9. The summed E-state index contributed by atoms with van der Waals surface area (Å²) in [7, 11) is 2.17. The summed E-state index contributed by atoms with van der Waals surface area (Å²) < 4.78 is 13.7. The van der Waals surface area contributed by atoms with Gasteiger partial charge in [-0.2, -0.15) is 5.10 Å². The highest BCUT2D eigenvalue weighted by Crippen LogP contribution is 2.28. The third-order valence-electron chi connectivity index (χ3n) is 5.30. The first kappa shape index (κ1) is 16.3. The van der Waals surface area contributed by atoms with Gasteiger partial charge in [0.05, 0.1) is 16.6 Å². The molecule has 0 amide bonds. The predicted molar refractivity (Wildman–Crippen MR) is 105 cm³/mol. The van der Waals surface area contributed by atoms with E-state index in [0.717, 1.165) is 54.5 Å². The third kappa shape index (κ3) is 2.94. The van der Waals surface area contributed by atoms with Crippen LogP contribution in [0.1, 0.15) is 6.42 Å². The summed E-state index contributed by atoms with van der Waals surface area (Å²) >= 11 is 0. The van der Waals surface area contributed by atoms with Crippen molar-refractivity contribution in [1.82, 2.24) is 25.1 Å². The molecule has 0 aliphatic carbocycles. The van der Waals surface area contributed by atoms with Crippen LogP contribution in [-0.2, 0) is 0 Å². The van der Waals surface area contributed by atoms with Crippen LogP contribution in [0.4, 0.5) is 10.1 Å². The molecule has 7 heteroatoms. The second kappa shape index (κ2) is 6.35. The van der Waals surface area contributed by atoms with Gasteiger partial charge in [0.25, 0.3) is 0 Å². The van der Waals surface area contributed by atoms with Gasteiger partial charge in [0, 0.05) is 30.7 Å². The number of fused-ring (bicyclic) bond motifs is 2. The first-order chi connectivity index (χ1) is 13.2. The predicted octanol–water partition coefficient (Wildman–Crippen LogP) is 3.39. The summed E-state index contributed by atoms with van der Waals surface area (Å²) in [5.41, 5.74) is 4.48. The fourth-order valence-corrected chi connectivity index (χ4v) is 3.78. The van der Waals surface area contributed by atoms with E-state index in [2.05, 4.69) is 49.1 Å². The van der Waals surface area contributed by atoms with E-state index in [0.29, 0.717) is 11.5 Å². The molecule has 138 valence electrons. The standard InChI is InChI=1S/C20H21FN6/c1-26-7-2-8-27(10-9-26)14-4-6-17-18(12-14)23-20(22-17)19-15-11-13(21)3-5-16(15)24-25-19/h3-6,11-12H,2,7-10H2,1H3,(H,22,23)(H,24,25). The minimum Gasteiger partial charge on any atom is -0.370 e. The zero-order valence-electron chi connectivity index (χ0n) is 15.2. The Morgan fingerprint density at radius 1 is 1.00 bits per heavy atom. The Balaban J connectivity index is 1.53. The summed E-state index contributed by atoms with van der Waals surface area (Å²) in [4.78, 5) is 12.8. The Morgan fingerprint density at radius 2 is 1.93 bits per heavy atom. The molecular weight excluding hydrogens is 343 g/mol. The maximum atomic E-state index is 13.7. The summed E-state index contributed by atoms with van der Waals surface area (Å²) in [5.74, 6) is 0.365. The molecule has 5 rings (SSSR count). The highest BCUT2D eigenvalue weighted by atomic mass is 19.1. The SMILES string of the molecule is CN1CCCN(c2ccc3nc(-c4n[nH]c5ccc(F)cc45)[nH]c3c2)CC1. The number of rotatable bonds is 2. The Labute approximate surface area is 156 Å². The Bertz CT molecular complexity index is 1110. The topological polar surface area (TPSA) is 63.8 Å². The number of imidazole rings is 1. The molecule has 1 saturated heterocycles. The van der Waals surface area contributed by atoms with E-state index in [1.165, 1.54) is 17.8 Å². The van der Waals surface area contributed by atoms with E-state index in [-0.39, 0.29) is 5.82 Å². The second-order valence-corrected chi connectivity index (χ2v) is 7.19. The molecule has 27 heavy (non-hydrogen) atoms. The monoisotopic (exact) mass is 364 g/mol. The number of nitrogens with one attached hydrogen (secondary N) is 2. The first-order valence-corrected chi connectivity index (χ1v) is 9.25. The van der Waals surface area contributed by atoms with E-state index in [1.807, 2.05) is 6.07 Å². The molecule has 2 N–H and O–H groups in total. The van der Waals surface area contributed by atoms with Crippen LogP contribution in [-0.4, -0.2) is 58.3 Å². The van der Waals surface area contributed by atoms with E-state index in [4.69, 9.17) is 0 Å². The number of H-pyrrole nitrogens is 2. The highest BCUT2D eigenvalue weighted by Gasteiger charge is 2.16. The van der Waals surface area contributed by atoms with Gasteiger partial charge in [-0.3, -0.25) is 5.10 Å². The molecule has 0 atom stereocenters. The summed E-state index contributed by atoms with van der Waals surface area (Å²) in [6.07, 6.45) is 1.16. The Morgan fingerprint density at radius 3 is 2.85 bits per heavy atom. The van der Waals surface area contributed by atoms with Crippen LogP contribution in [0.3, 0.4) is 0 Å². The minimum absolute atomic E-state index is 0.283. The average molecular weight is 364 g/mol. The fourth-order valence-electron chi connectivity index (χ4n) is 3.78. The normalized spacial score (nSPS) is 16.3. The van der Waals surface area contributed by atoms with Gasteiger partial charge in [-0.25, -0.2) is 9.37 Å². The maximum Gasteiger partial charge on any atom is 0.159 e. The quantitative estimate of drug-likeness (QED) is 0.572. The van der Waals surface area contributed by atoms with Crippen LogP contribution in [0.2, 0.25) is 0 Å². The van der Waals surface area contributed by atoms with E-state index in [9.17, 15) is 4.39 Å². The van der Waals surface area contributed by atoms with Gasteiger partial charge in [-0.15, -0.1) is 0 Å². The van der Waals surface area contributed by atoms with Crippen molar-refractivity contribution in [2.24, 2.45) is 0 Å². The molecule has 0 radical (unpaired) electrons. The van der Waals surface area contributed by atoms with Crippen molar-refractivity contribution in [2.45, 2.75) is 6.42 Å². The molecule has 1 aliphatic heterocycles. The lowest BCUT2D eigenvalue weighted by Gasteiger charge is -2.22. The number of halogens is 1. The number of benzene rings is 2. The minimum atomic E-state index is -0.283. The zero-order valence-corrected chi connectivity index (χ0v) is 15.2. The molecule has 3 heterocycles. The van der Waals surface area contributed by atoms with Crippen molar-refractivity contribution >= 4 is 27.6 Å². The van der Waals surface area contributed by atoms with Crippen LogP contribution < -0.4 is 4.90 Å². The molecule has 6 nitrogen and oxygen atoms in total. The number of anilines is 1. The molecular formula is C20H21FN6. The van der Waals surface area contributed by atoms with Gasteiger partial charge in [0.1, 0.15) is 11.5 Å². The number of likely N-dealkylation sites (N-methyl/N-ethyl adjacent to an activating group) is 1. The van der Waals surface area contributed by atoms with Crippen molar-refractivity contribution in [3.63, 3.8) is 0 Å². The van der Waals surface area contributed by atoms with Crippen LogP contribution in [0.5, 0.6) is 0 Å².